The van der Waals surface area contributed by atoms with Gasteiger partial charge < -0.3 is 15.5 Å². The van der Waals surface area contributed by atoms with Gasteiger partial charge in [-0.1, -0.05) is 20.8 Å². The molecule has 2 atom stereocenters. The highest BCUT2D eigenvalue weighted by atomic mass is 79.9. The molecule has 0 fully saturated rings. The van der Waals surface area contributed by atoms with E-state index in [1.54, 1.807) is 12.1 Å². The highest BCUT2D eigenvalue weighted by Gasteiger charge is 2.37. The van der Waals surface area contributed by atoms with Gasteiger partial charge in [-0.2, -0.15) is 0 Å². The van der Waals surface area contributed by atoms with Crippen LogP contribution in [0.4, 0.5) is 0 Å². The summed E-state index contributed by atoms with van der Waals surface area (Å²) in [5.41, 5.74) is 3.89. The molecule has 3 nitrogen and oxygen atoms in total. The summed E-state index contributed by atoms with van der Waals surface area (Å²) in [6.07, 6.45) is 2.02. The Hall–Kier alpha value is -1.04. The predicted molar refractivity (Wildman–Crippen MR) is 104 cm³/mol. The molecule has 0 amide bonds. The van der Waals surface area contributed by atoms with E-state index in [4.69, 9.17) is 0 Å². The first-order valence-electron chi connectivity index (χ1n) is 8.26. The Labute approximate surface area is 157 Å². The van der Waals surface area contributed by atoms with E-state index in [2.05, 4.69) is 32.2 Å². The minimum Gasteiger partial charge on any atom is -0.504 e. The third kappa shape index (κ3) is 2.76. The second kappa shape index (κ2) is 6.04. The Morgan fingerprint density at radius 2 is 1.79 bits per heavy atom. The summed E-state index contributed by atoms with van der Waals surface area (Å²) < 4.78 is 0. The van der Waals surface area contributed by atoms with Crippen LogP contribution < -0.4 is 5.32 Å². The first kappa shape index (κ1) is 17.8. The van der Waals surface area contributed by atoms with Crippen LogP contribution in [0, 0.1) is 0 Å². The first-order chi connectivity index (χ1) is 10.8. The van der Waals surface area contributed by atoms with Gasteiger partial charge in [0.15, 0.2) is 11.5 Å². The van der Waals surface area contributed by atoms with E-state index < -0.39 is 0 Å². The van der Waals surface area contributed by atoms with Crippen LogP contribution in [0.5, 0.6) is 11.5 Å². The zero-order valence-electron chi connectivity index (χ0n) is 14.2. The van der Waals surface area contributed by atoms with E-state index in [0.29, 0.717) is 6.04 Å². The molecule has 2 heterocycles. The molecular weight excluding hydrogens is 386 g/mol. The number of benzene rings is 1. The average Bonchev–Trinajstić information content (AvgIpc) is 2.92. The normalized spacial score (nSPS) is 22.1. The van der Waals surface area contributed by atoms with Gasteiger partial charge in [-0.15, -0.1) is 28.3 Å². The number of nitrogens with one attached hydrogen (secondary N) is 1. The molecular formula is C19H24BrNO2S. The lowest BCUT2D eigenvalue weighted by atomic mass is 9.75. The molecule has 4 rings (SSSR count). The molecule has 0 bridgehead atoms. The summed E-state index contributed by atoms with van der Waals surface area (Å²) in [6, 6.07) is 6.28. The highest BCUT2D eigenvalue weighted by molar-refractivity contribution is 8.93. The monoisotopic (exact) mass is 409 g/mol. The van der Waals surface area contributed by atoms with Crippen molar-refractivity contribution in [2.75, 3.05) is 0 Å². The van der Waals surface area contributed by atoms with Crippen LogP contribution in [0.3, 0.4) is 0 Å². The van der Waals surface area contributed by atoms with Gasteiger partial charge >= 0.3 is 0 Å². The number of fused-ring (bicyclic) bond motifs is 5. The van der Waals surface area contributed by atoms with Gasteiger partial charge in [-0.05, 0) is 53.1 Å². The third-order valence-electron chi connectivity index (χ3n) is 5.12. The van der Waals surface area contributed by atoms with E-state index in [1.165, 1.54) is 26.4 Å². The Kier molecular flexibility index (Phi) is 4.47. The fraction of sp³-hybridized carbons (Fsp3) is 0.474. The number of aryl methyl sites for hydroxylation is 1. The summed E-state index contributed by atoms with van der Waals surface area (Å²) >= 11 is 1.92. The van der Waals surface area contributed by atoms with Crippen LogP contribution in [-0.2, 0) is 18.4 Å². The number of rotatable bonds is 0. The van der Waals surface area contributed by atoms with Gasteiger partial charge in [0, 0.05) is 28.3 Å². The maximum Gasteiger partial charge on any atom is 0.157 e. The first-order valence-corrected chi connectivity index (χ1v) is 9.07. The van der Waals surface area contributed by atoms with Crippen LogP contribution in [0.1, 0.15) is 59.6 Å². The predicted octanol–water partition coefficient (Wildman–Crippen LogP) is 4.58. The van der Waals surface area contributed by atoms with Crippen molar-refractivity contribution in [1.82, 2.24) is 5.32 Å². The fourth-order valence-electron chi connectivity index (χ4n) is 3.84. The van der Waals surface area contributed by atoms with Crippen LogP contribution in [-0.4, -0.2) is 16.3 Å². The molecule has 0 spiro atoms. The molecule has 0 saturated carbocycles. The lowest BCUT2D eigenvalue weighted by Gasteiger charge is -2.38. The number of halogens is 1. The molecule has 130 valence electrons. The summed E-state index contributed by atoms with van der Waals surface area (Å²) in [5, 5.41) is 23.5. The minimum atomic E-state index is -0.0101. The van der Waals surface area contributed by atoms with Crippen LogP contribution in [0.2, 0.25) is 0 Å². The number of phenols is 2. The van der Waals surface area contributed by atoms with Gasteiger partial charge in [0.05, 0.1) is 0 Å². The van der Waals surface area contributed by atoms with Crippen molar-refractivity contribution in [3.8, 4) is 11.5 Å². The summed E-state index contributed by atoms with van der Waals surface area (Å²) in [5.74, 6) is 0.270. The van der Waals surface area contributed by atoms with E-state index in [9.17, 15) is 10.2 Å². The average molecular weight is 410 g/mol. The lowest BCUT2D eigenvalue weighted by Crippen LogP contribution is -2.41. The van der Waals surface area contributed by atoms with Gasteiger partial charge in [0.1, 0.15) is 0 Å². The molecule has 0 saturated heterocycles. The van der Waals surface area contributed by atoms with Crippen LogP contribution >= 0.6 is 28.3 Å². The number of aromatic hydroxyl groups is 2. The number of hydrogen-bond acceptors (Lipinski definition) is 4. The maximum absolute atomic E-state index is 9.98. The molecule has 5 heteroatoms. The topological polar surface area (TPSA) is 52.5 Å². The molecule has 3 N–H and O–H groups in total. The summed E-state index contributed by atoms with van der Waals surface area (Å²) in [6.45, 7) is 7.71. The summed E-state index contributed by atoms with van der Waals surface area (Å²) in [7, 11) is 0. The van der Waals surface area contributed by atoms with E-state index >= 15 is 0 Å². The van der Waals surface area contributed by atoms with Crippen molar-refractivity contribution in [2.24, 2.45) is 0 Å². The van der Waals surface area contributed by atoms with Gasteiger partial charge in [0.25, 0.3) is 0 Å². The largest absolute Gasteiger partial charge is 0.504 e. The minimum absolute atomic E-state index is 0. The van der Waals surface area contributed by atoms with Crippen molar-refractivity contribution in [1.29, 1.82) is 0 Å². The fourth-order valence-corrected chi connectivity index (χ4v) is 5.26. The smallest absolute Gasteiger partial charge is 0.157 e. The standard InChI is InChI=1S/C19H23NO2S.BrH/c1-19(2,3)16-7-11-9-20-13-5-4-10-6-14(21)15(22)8-12(10)17(13)18(11)23-16;/h6-8,13,17,20-22H,4-5,9H2,1-3H3;1H/t13-,17-;/m1./s1. The SMILES string of the molecule is Br.CC(C)(C)c1cc2c(s1)[C@@H]1c3cc(O)c(O)cc3CC[C@H]1NC2. The number of hydrogen-bond donors (Lipinski definition) is 3. The second-order valence-corrected chi connectivity index (χ2v) is 8.88. The molecule has 1 aromatic heterocycles. The Morgan fingerprint density at radius 1 is 1.08 bits per heavy atom. The zero-order valence-corrected chi connectivity index (χ0v) is 16.7. The van der Waals surface area contributed by atoms with Crippen LogP contribution in [0.25, 0.3) is 0 Å². The lowest BCUT2D eigenvalue weighted by molar-refractivity contribution is 0.383. The molecule has 2 aromatic rings. The van der Waals surface area contributed by atoms with Crippen molar-refractivity contribution in [3.63, 3.8) is 0 Å². The van der Waals surface area contributed by atoms with Crippen molar-refractivity contribution in [3.05, 3.63) is 44.6 Å². The Morgan fingerprint density at radius 3 is 2.50 bits per heavy atom. The van der Waals surface area contributed by atoms with Gasteiger partial charge in [-0.3, -0.25) is 0 Å². The van der Waals surface area contributed by atoms with Gasteiger partial charge in [-0.25, -0.2) is 0 Å². The second-order valence-electron chi connectivity index (χ2n) is 7.79. The van der Waals surface area contributed by atoms with E-state index in [-0.39, 0.29) is 39.8 Å². The van der Waals surface area contributed by atoms with Crippen molar-refractivity contribution < 1.29 is 10.2 Å². The number of phenolic OH excluding ortho intramolecular Hbond substituents is 2. The molecule has 0 radical (unpaired) electrons. The Balaban J connectivity index is 0.00000169. The zero-order chi connectivity index (χ0) is 16.4. The molecule has 1 aromatic carbocycles. The Bertz CT molecular complexity index is 778. The molecule has 24 heavy (non-hydrogen) atoms. The highest BCUT2D eigenvalue weighted by Crippen LogP contribution is 2.48. The van der Waals surface area contributed by atoms with E-state index in [0.717, 1.165) is 19.4 Å². The van der Waals surface area contributed by atoms with E-state index in [1.807, 2.05) is 11.3 Å². The summed E-state index contributed by atoms with van der Waals surface area (Å²) in [4.78, 5) is 2.85. The molecule has 0 unspecified atom stereocenters. The number of thiophene rings is 1. The maximum atomic E-state index is 9.98. The van der Waals surface area contributed by atoms with Crippen molar-refractivity contribution >= 4 is 28.3 Å². The molecule has 1 aliphatic carbocycles. The quantitative estimate of drug-likeness (QED) is 0.557. The molecule has 2 aliphatic rings. The van der Waals surface area contributed by atoms with Crippen molar-refractivity contribution in [2.45, 2.75) is 57.5 Å². The molecule has 1 aliphatic heterocycles. The third-order valence-corrected chi connectivity index (χ3v) is 6.80. The van der Waals surface area contributed by atoms with Gasteiger partial charge in [0.2, 0.25) is 0 Å². The van der Waals surface area contributed by atoms with Crippen LogP contribution in [0.15, 0.2) is 18.2 Å².